The summed E-state index contributed by atoms with van der Waals surface area (Å²) in [6.07, 6.45) is -4.72. The van der Waals surface area contributed by atoms with Gasteiger partial charge in [0.1, 0.15) is 5.69 Å². The average molecular weight is 381 g/mol. The summed E-state index contributed by atoms with van der Waals surface area (Å²) in [6.45, 7) is 1.72. The quantitative estimate of drug-likeness (QED) is 0.746. The topological polar surface area (TPSA) is 95.1 Å². The molecule has 2 heterocycles. The van der Waals surface area contributed by atoms with Gasteiger partial charge in [0.15, 0.2) is 0 Å². The van der Waals surface area contributed by atoms with Gasteiger partial charge in [-0.05, 0) is 19.1 Å². The highest BCUT2D eigenvalue weighted by molar-refractivity contribution is 6.05. The van der Waals surface area contributed by atoms with Crippen molar-refractivity contribution in [2.45, 2.75) is 13.1 Å². The number of carbonyl (C=O) groups is 1. The summed E-state index contributed by atoms with van der Waals surface area (Å²) in [6, 6.07) is 5.72. The Morgan fingerprint density at radius 2 is 1.93 bits per heavy atom. The van der Waals surface area contributed by atoms with E-state index >= 15 is 0 Å². The maximum absolute atomic E-state index is 12.5. The van der Waals surface area contributed by atoms with Gasteiger partial charge in [0, 0.05) is 18.2 Å². The lowest BCUT2D eigenvalue weighted by Crippen LogP contribution is -2.13. The first-order valence-electron chi connectivity index (χ1n) is 7.61. The lowest BCUT2D eigenvalue weighted by Gasteiger charge is -2.07. The molecule has 2 aromatic heterocycles. The van der Waals surface area contributed by atoms with Crippen LogP contribution in [0.15, 0.2) is 28.8 Å². The van der Waals surface area contributed by atoms with E-state index in [9.17, 15) is 18.0 Å². The van der Waals surface area contributed by atoms with Gasteiger partial charge in [0.25, 0.3) is 5.91 Å². The number of carbonyl (C=O) groups excluding carboxylic acids is 1. The van der Waals surface area contributed by atoms with Crippen molar-refractivity contribution in [1.29, 1.82) is 0 Å². The number of anilines is 1. The Morgan fingerprint density at radius 1 is 1.26 bits per heavy atom. The molecule has 1 amide bonds. The van der Waals surface area contributed by atoms with Gasteiger partial charge in [-0.3, -0.25) is 4.79 Å². The molecule has 0 aliphatic carbocycles. The third kappa shape index (κ3) is 3.61. The van der Waals surface area contributed by atoms with Gasteiger partial charge in [-0.15, -0.1) is 0 Å². The van der Waals surface area contributed by atoms with Crippen LogP contribution in [0.5, 0.6) is 5.88 Å². The summed E-state index contributed by atoms with van der Waals surface area (Å²) in [4.78, 5) is 15.7. The number of benzene rings is 1. The van der Waals surface area contributed by atoms with Crippen molar-refractivity contribution < 1.29 is 27.2 Å². The minimum Gasteiger partial charge on any atom is -0.480 e. The van der Waals surface area contributed by atoms with E-state index in [-0.39, 0.29) is 17.0 Å². The van der Waals surface area contributed by atoms with Crippen LogP contribution in [0.3, 0.4) is 0 Å². The van der Waals surface area contributed by atoms with Gasteiger partial charge in [-0.1, -0.05) is 17.3 Å². The van der Waals surface area contributed by atoms with Crippen LogP contribution < -0.4 is 10.1 Å². The van der Waals surface area contributed by atoms with Crippen LogP contribution in [0.2, 0.25) is 0 Å². The van der Waals surface area contributed by atoms with Crippen LogP contribution in [0, 0.1) is 6.92 Å². The molecule has 27 heavy (non-hydrogen) atoms. The normalized spacial score (nSPS) is 11.5. The maximum Gasteiger partial charge on any atom is 0.471 e. The van der Waals surface area contributed by atoms with Crippen molar-refractivity contribution in [3.8, 4) is 17.3 Å². The van der Waals surface area contributed by atoms with Crippen molar-refractivity contribution in [2.75, 3.05) is 12.4 Å². The number of aryl methyl sites for hydroxylation is 2. The zero-order chi connectivity index (χ0) is 19.8. The zero-order valence-electron chi connectivity index (χ0n) is 14.5. The molecule has 0 atom stereocenters. The third-order valence-electron chi connectivity index (χ3n) is 3.68. The Hall–Kier alpha value is -3.37. The Labute approximate surface area is 150 Å². The first kappa shape index (κ1) is 18.4. The second-order valence-corrected chi connectivity index (χ2v) is 5.55. The van der Waals surface area contributed by atoms with E-state index in [1.807, 2.05) is 0 Å². The van der Waals surface area contributed by atoms with Crippen LogP contribution in [0.25, 0.3) is 11.4 Å². The van der Waals surface area contributed by atoms with Crippen molar-refractivity contribution in [1.82, 2.24) is 19.9 Å². The van der Waals surface area contributed by atoms with E-state index in [0.717, 1.165) is 0 Å². The minimum atomic E-state index is -4.72. The molecule has 0 spiro atoms. The van der Waals surface area contributed by atoms with E-state index in [2.05, 4.69) is 25.1 Å². The van der Waals surface area contributed by atoms with Crippen LogP contribution >= 0.6 is 0 Å². The largest absolute Gasteiger partial charge is 0.480 e. The Morgan fingerprint density at radius 3 is 2.48 bits per heavy atom. The first-order valence-corrected chi connectivity index (χ1v) is 7.61. The molecule has 0 fully saturated rings. The molecule has 0 unspecified atom stereocenters. The maximum atomic E-state index is 12.5. The van der Waals surface area contributed by atoms with Crippen LogP contribution in [-0.2, 0) is 13.2 Å². The number of hydrogen-bond donors (Lipinski definition) is 1. The number of aromatic nitrogens is 4. The summed E-state index contributed by atoms with van der Waals surface area (Å²) in [5.41, 5.74) is 1.57. The molecular weight excluding hydrogens is 367 g/mol. The van der Waals surface area contributed by atoms with Crippen molar-refractivity contribution >= 4 is 11.6 Å². The van der Waals surface area contributed by atoms with Crippen molar-refractivity contribution in [3.63, 3.8) is 0 Å². The zero-order valence-corrected chi connectivity index (χ0v) is 14.5. The fourth-order valence-corrected chi connectivity index (χ4v) is 2.43. The summed E-state index contributed by atoms with van der Waals surface area (Å²) in [7, 11) is 3.14. The molecule has 3 rings (SSSR count). The monoisotopic (exact) mass is 381 g/mol. The van der Waals surface area contributed by atoms with Gasteiger partial charge >= 0.3 is 12.1 Å². The minimum absolute atomic E-state index is 0.223. The first-order chi connectivity index (χ1) is 12.7. The number of nitrogens with zero attached hydrogens (tertiary/aromatic N) is 4. The number of halogens is 3. The fraction of sp³-hybridized carbons (Fsp3) is 0.250. The molecule has 1 aromatic carbocycles. The smallest absolute Gasteiger partial charge is 0.471 e. The van der Waals surface area contributed by atoms with E-state index < -0.39 is 18.0 Å². The van der Waals surface area contributed by atoms with Crippen LogP contribution in [0.1, 0.15) is 21.9 Å². The highest BCUT2D eigenvalue weighted by atomic mass is 19.4. The molecule has 0 saturated carbocycles. The Balaban J connectivity index is 1.79. The molecule has 3 aromatic rings. The van der Waals surface area contributed by atoms with Crippen LogP contribution in [0.4, 0.5) is 18.9 Å². The summed E-state index contributed by atoms with van der Waals surface area (Å²) in [5, 5.41) is 10.2. The molecular formula is C16H14F3N5O3. The molecule has 0 radical (unpaired) electrons. The number of hydrogen-bond acceptors (Lipinski definition) is 6. The lowest BCUT2D eigenvalue weighted by molar-refractivity contribution is -0.159. The SMILES string of the molecule is COc1c(NC(=O)c2ccc(-c3noc(C(F)(F)F)n3)cc2)c(C)nn1C. The predicted molar refractivity (Wildman–Crippen MR) is 87.2 cm³/mol. The summed E-state index contributed by atoms with van der Waals surface area (Å²) >= 11 is 0. The van der Waals surface area contributed by atoms with Gasteiger partial charge in [0.05, 0.1) is 12.8 Å². The van der Waals surface area contributed by atoms with Crippen molar-refractivity contribution in [3.05, 3.63) is 41.4 Å². The highest BCUT2D eigenvalue weighted by Crippen LogP contribution is 2.30. The molecule has 8 nitrogen and oxygen atoms in total. The van der Waals surface area contributed by atoms with Crippen molar-refractivity contribution in [2.24, 2.45) is 7.05 Å². The molecule has 142 valence electrons. The molecule has 0 saturated heterocycles. The molecule has 0 aliphatic rings. The van der Waals surface area contributed by atoms with E-state index in [0.29, 0.717) is 17.3 Å². The highest BCUT2D eigenvalue weighted by Gasteiger charge is 2.38. The second-order valence-electron chi connectivity index (χ2n) is 5.55. The summed E-state index contributed by atoms with van der Waals surface area (Å²) < 4.78 is 48.5. The number of methoxy groups -OCH3 is 1. The number of alkyl halides is 3. The second kappa shape index (κ2) is 6.74. The molecule has 1 N–H and O–H groups in total. The average Bonchev–Trinajstić information content (AvgIpc) is 3.20. The number of ether oxygens (including phenoxy) is 1. The lowest BCUT2D eigenvalue weighted by atomic mass is 10.1. The van der Waals surface area contributed by atoms with Gasteiger partial charge in [-0.25, -0.2) is 4.68 Å². The van der Waals surface area contributed by atoms with Gasteiger partial charge in [-0.2, -0.15) is 23.3 Å². The molecule has 0 bridgehead atoms. The van der Waals surface area contributed by atoms with E-state index in [1.165, 1.54) is 36.1 Å². The van der Waals surface area contributed by atoms with Gasteiger partial charge in [0.2, 0.25) is 11.7 Å². The number of rotatable bonds is 4. The predicted octanol–water partition coefficient (Wildman–Crippen LogP) is 3.06. The summed E-state index contributed by atoms with van der Waals surface area (Å²) in [5.74, 6) is -1.69. The molecule has 0 aliphatic heterocycles. The third-order valence-corrected chi connectivity index (χ3v) is 3.68. The standard InChI is InChI=1S/C16H14F3N5O3/c1-8-11(14(26-3)24(2)22-8)20-13(25)10-6-4-9(5-7-10)12-21-15(27-23-12)16(17,18)19/h4-7H,1-3H3,(H,20,25). The Kier molecular flexibility index (Phi) is 4.60. The molecule has 11 heteroatoms. The van der Waals surface area contributed by atoms with Gasteiger partial charge < -0.3 is 14.6 Å². The number of nitrogens with one attached hydrogen (secondary N) is 1. The van der Waals surface area contributed by atoms with E-state index in [4.69, 9.17) is 4.74 Å². The Bertz CT molecular complexity index is 976. The fourth-order valence-electron chi connectivity index (χ4n) is 2.43. The van der Waals surface area contributed by atoms with E-state index in [1.54, 1.807) is 14.0 Å². The number of amides is 1. The van der Waals surface area contributed by atoms with Crippen LogP contribution in [-0.4, -0.2) is 32.9 Å².